The highest BCUT2D eigenvalue weighted by Crippen LogP contribution is 2.24. The van der Waals surface area contributed by atoms with E-state index < -0.39 is 0 Å². The molecule has 0 aliphatic heterocycles. The molecule has 0 aliphatic rings. The van der Waals surface area contributed by atoms with Crippen molar-refractivity contribution in [3.05, 3.63) is 24.7 Å². The molecule has 0 bridgehead atoms. The number of nitrogens with zero attached hydrogens (tertiary/aromatic N) is 4. The van der Waals surface area contributed by atoms with E-state index >= 15 is 0 Å². The summed E-state index contributed by atoms with van der Waals surface area (Å²) < 4.78 is 2.12. The number of imidazole rings is 1. The second-order valence-corrected chi connectivity index (χ2v) is 4.34. The van der Waals surface area contributed by atoms with Crippen LogP contribution in [0.1, 0.15) is 19.9 Å². The van der Waals surface area contributed by atoms with E-state index in [-0.39, 0.29) is 5.95 Å². The van der Waals surface area contributed by atoms with Crippen LogP contribution in [-0.2, 0) is 0 Å². The molecular weight excluding hydrogens is 214 g/mol. The van der Waals surface area contributed by atoms with Crippen molar-refractivity contribution in [3.63, 3.8) is 0 Å². The smallest absolute Gasteiger partial charge is 0.220 e. The first-order valence-corrected chi connectivity index (χ1v) is 5.54. The van der Waals surface area contributed by atoms with Crippen LogP contribution in [0.15, 0.2) is 24.7 Å². The highest BCUT2D eigenvalue weighted by atomic mass is 15.1. The maximum Gasteiger partial charge on any atom is 0.220 e. The lowest BCUT2D eigenvalue weighted by atomic mass is 10.2. The quantitative estimate of drug-likeness (QED) is 0.691. The summed E-state index contributed by atoms with van der Waals surface area (Å²) in [6.45, 7) is 4.25. The van der Waals surface area contributed by atoms with E-state index in [0.29, 0.717) is 6.04 Å². The van der Waals surface area contributed by atoms with Crippen molar-refractivity contribution in [1.82, 2.24) is 19.5 Å². The number of rotatable bonds is 1. The van der Waals surface area contributed by atoms with Crippen LogP contribution in [0.25, 0.3) is 21.9 Å². The van der Waals surface area contributed by atoms with Crippen molar-refractivity contribution in [1.29, 1.82) is 0 Å². The fourth-order valence-corrected chi connectivity index (χ4v) is 2.01. The molecule has 2 heterocycles. The van der Waals surface area contributed by atoms with Gasteiger partial charge in [-0.3, -0.25) is 0 Å². The summed E-state index contributed by atoms with van der Waals surface area (Å²) in [4.78, 5) is 12.7. The molecule has 5 heteroatoms. The van der Waals surface area contributed by atoms with E-state index in [2.05, 4.69) is 33.4 Å². The van der Waals surface area contributed by atoms with Gasteiger partial charge in [-0.15, -0.1) is 0 Å². The lowest BCUT2D eigenvalue weighted by Gasteiger charge is -2.07. The Morgan fingerprint density at radius 2 is 2.00 bits per heavy atom. The first-order chi connectivity index (χ1) is 8.16. The maximum atomic E-state index is 5.62. The average molecular weight is 227 g/mol. The van der Waals surface area contributed by atoms with Gasteiger partial charge >= 0.3 is 0 Å². The lowest BCUT2D eigenvalue weighted by molar-refractivity contribution is 0.617. The normalized spacial score (nSPS) is 11.7. The molecule has 0 unspecified atom stereocenters. The fourth-order valence-electron chi connectivity index (χ4n) is 2.01. The molecule has 3 aromatic rings. The molecule has 86 valence electrons. The minimum absolute atomic E-state index is 0.282. The minimum atomic E-state index is 0.282. The second kappa shape index (κ2) is 3.41. The summed E-state index contributed by atoms with van der Waals surface area (Å²) in [6.07, 6.45) is 3.57. The number of nitrogens with two attached hydrogens (primary N) is 1. The van der Waals surface area contributed by atoms with Gasteiger partial charge in [0.25, 0.3) is 0 Å². The van der Waals surface area contributed by atoms with Crippen LogP contribution in [0.2, 0.25) is 0 Å². The van der Waals surface area contributed by atoms with E-state index in [0.717, 1.165) is 21.9 Å². The molecule has 17 heavy (non-hydrogen) atoms. The van der Waals surface area contributed by atoms with Crippen molar-refractivity contribution in [3.8, 4) is 0 Å². The van der Waals surface area contributed by atoms with Crippen LogP contribution in [-0.4, -0.2) is 19.5 Å². The van der Waals surface area contributed by atoms with Gasteiger partial charge in [0, 0.05) is 17.6 Å². The molecule has 2 N–H and O–H groups in total. The van der Waals surface area contributed by atoms with Gasteiger partial charge in [0.2, 0.25) is 5.95 Å². The molecule has 0 atom stereocenters. The van der Waals surface area contributed by atoms with E-state index in [9.17, 15) is 0 Å². The molecule has 0 amide bonds. The maximum absolute atomic E-state index is 5.62. The molecule has 5 nitrogen and oxygen atoms in total. The van der Waals surface area contributed by atoms with Gasteiger partial charge in [0.05, 0.1) is 11.8 Å². The SMILES string of the molecule is CC(C)n1cnc2c3nc(N)ncc3ccc21. The zero-order valence-electron chi connectivity index (χ0n) is 9.75. The third kappa shape index (κ3) is 1.43. The third-order valence-corrected chi connectivity index (χ3v) is 2.87. The molecular formula is C12H13N5. The second-order valence-electron chi connectivity index (χ2n) is 4.34. The monoisotopic (exact) mass is 227 g/mol. The van der Waals surface area contributed by atoms with Crippen LogP contribution in [0.4, 0.5) is 5.95 Å². The van der Waals surface area contributed by atoms with Crippen molar-refractivity contribution >= 4 is 27.9 Å². The first-order valence-electron chi connectivity index (χ1n) is 5.54. The number of anilines is 1. The molecule has 1 aromatic carbocycles. The first kappa shape index (κ1) is 10.0. The highest BCUT2D eigenvalue weighted by Gasteiger charge is 2.10. The average Bonchev–Trinajstić information content (AvgIpc) is 2.72. The Labute approximate surface area is 98.3 Å². The van der Waals surface area contributed by atoms with Gasteiger partial charge in [-0.05, 0) is 26.0 Å². The molecule has 0 radical (unpaired) electrons. The Balaban J connectivity index is 2.44. The van der Waals surface area contributed by atoms with Crippen molar-refractivity contribution in [2.75, 3.05) is 5.73 Å². The summed E-state index contributed by atoms with van der Waals surface area (Å²) in [6, 6.07) is 4.42. The lowest BCUT2D eigenvalue weighted by Crippen LogP contribution is -1.98. The molecule has 2 aromatic heterocycles. The minimum Gasteiger partial charge on any atom is -0.368 e. The summed E-state index contributed by atoms with van der Waals surface area (Å²) in [5, 5.41) is 0.959. The highest BCUT2D eigenvalue weighted by molar-refractivity contribution is 6.01. The van der Waals surface area contributed by atoms with Crippen molar-refractivity contribution in [2.24, 2.45) is 0 Å². The Kier molecular flexibility index (Phi) is 2.01. The fraction of sp³-hybridized carbons (Fsp3) is 0.250. The Bertz CT molecular complexity index is 699. The van der Waals surface area contributed by atoms with E-state index in [1.807, 2.05) is 18.5 Å². The summed E-state index contributed by atoms with van der Waals surface area (Å²) in [7, 11) is 0. The number of aromatic nitrogens is 4. The Hall–Kier alpha value is -2.17. The van der Waals surface area contributed by atoms with Gasteiger partial charge < -0.3 is 10.3 Å². The molecule has 3 rings (SSSR count). The van der Waals surface area contributed by atoms with E-state index in [4.69, 9.17) is 5.73 Å². The number of nitrogen functional groups attached to an aromatic ring is 1. The number of hydrogen-bond donors (Lipinski definition) is 1. The topological polar surface area (TPSA) is 69.6 Å². The summed E-state index contributed by atoms with van der Waals surface area (Å²) in [5.74, 6) is 0.282. The zero-order valence-corrected chi connectivity index (χ0v) is 9.75. The van der Waals surface area contributed by atoms with Crippen LogP contribution in [0.3, 0.4) is 0 Å². The zero-order chi connectivity index (χ0) is 12.0. The molecule has 0 saturated heterocycles. The van der Waals surface area contributed by atoms with Crippen LogP contribution in [0.5, 0.6) is 0 Å². The Morgan fingerprint density at radius 1 is 1.18 bits per heavy atom. The van der Waals surface area contributed by atoms with E-state index in [1.54, 1.807) is 6.20 Å². The molecule has 0 saturated carbocycles. The molecule has 0 aliphatic carbocycles. The van der Waals surface area contributed by atoms with E-state index in [1.165, 1.54) is 0 Å². The van der Waals surface area contributed by atoms with Gasteiger partial charge in [-0.1, -0.05) is 0 Å². The van der Waals surface area contributed by atoms with Gasteiger partial charge in [-0.25, -0.2) is 15.0 Å². The predicted octanol–water partition coefficient (Wildman–Crippen LogP) is 2.14. The van der Waals surface area contributed by atoms with Gasteiger partial charge in [-0.2, -0.15) is 0 Å². The van der Waals surface area contributed by atoms with Crippen molar-refractivity contribution in [2.45, 2.75) is 19.9 Å². The molecule has 0 fully saturated rings. The predicted molar refractivity (Wildman–Crippen MR) is 67.6 cm³/mol. The van der Waals surface area contributed by atoms with Gasteiger partial charge in [0.15, 0.2) is 0 Å². The van der Waals surface area contributed by atoms with Gasteiger partial charge in [0.1, 0.15) is 11.0 Å². The van der Waals surface area contributed by atoms with Crippen LogP contribution >= 0.6 is 0 Å². The number of fused-ring (bicyclic) bond motifs is 3. The third-order valence-electron chi connectivity index (χ3n) is 2.87. The molecule has 0 spiro atoms. The number of hydrogen-bond acceptors (Lipinski definition) is 4. The van der Waals surface area contributed by atoms with Crippen LogP contribution in [0, 0.1) is 0 Å². The Morgan fingerprint density at radius 3 is 2.76 bits per heavy atom. The largest absolute Gasteiger partial charge is 0.368 e. The summed E-state index contributed by atoms with van der Waals surface area (Å²) in [5.41, 5.74) is 8.39. The van der Waals surface area contributed by atoms with Crippen LogP contribution < -0.4 is 5.73 Å². The number of benzene rings is 1. The standard InChI is InChI=1S/C12H13N5/c1-7(2)17-6-15-11-9(17)4-3-8-5-14-12(13)16-10(8)11/h3-7H,1-2H3,(H2,13,14,16). The summed E-state index contributed by atoms with van der Waals surface area (Å²) >= 11 is 0. The van der Waals surface area contributed by atoms with Crippen molar-refractivity contribution < 1.29 is 0 Å².